The zero-order valence-corrected chi connectivity index (χ0v) is 8.79. The van der Waals surface area contributed by atoms with Crippen molar-refractivity contribution in [3.8, 4) is 6.07 Å². The van der Waals surface area contributed by atoms with Gasteiger partial charge in [0.05, 0.1) is 6.07 Å². The van der Waals surface area contributed by atoms with Crippen molar-refractivity contribution < 1.29 is 0 Å². The Balaban J connectivity index is 2.68. The summed E-state index contributed by atoms with van der Waals surface area (Å²) in [6, 6.07) is 1.89. The largest absolute Gasteiger partial charge is 0.386 e. The molecule has 1 rings (SSSR count). The lowest BCUT2D eigenvalue weighted by Crippen LogP contribution is -2.23. The van der Waals surface area contributed by atoms with Crippen molar-refractivity contribution in [2.75, 3.05) is 0 Å². The third kappa shape index (κ3) is 2.87. The highest BCUT2D eigenvalue weighted by Crippen LogP contribution is 2.27. The average molecular weight is 231 g/mol. The molecule has 5 nitrogen and oxygen atoms in total. The Hall–Kier alpha value is -0.780. The molecule has 3 N–H and O–H groups in total. The summed E-state index contributed by atoms with van der Waals surface area (Å²) < 4.78 is 1.12. The first-order valence-electron chi connectivity index (χ1n) is 3.06. The second-order valence-electron chi connectivity index (χ2n) is 1.93. The van der Waals surface area contributed by atoms with Gasteiger partial charge in [0.1, 0.15) is 5.84 Å². The SMILES string of the molecule is N#CC(Sc1nnc(S)s1)C(=N)N. The summed E-state index contributed by atoms with van der Waals surface area (Å²) in [5.74, 6) is -0.177. The Kier molecular flexibility index (Phi) is 3.53. The van der Waals surface area contributed by atoms with E-state index in [0.717, 1.165) is 11.8 Å². The van der Waals surface area contributed by atoms with E-state index in [4.69, 9.17) is 16.4 Å². The van der Waals surface area contributed by atoms with Gasteiger partial charge in [-0.1, -0.05) is 23.1 Å². The topological polar surface area (TPSA) is 99.4 Å². The van der Waals surface area contributed by atoms with Crippen molar-refractivity contribution in [3.63, 3.8) is 0 Å². The Bertz CT molecular complexity index is 353. The summed E-state index contributed by atoms with van der Waals surface area (Å²) in [4.78, 5) is 0. The monoisotopic (exact) mass is 231 g/mol. The summed E-state index contributed by atoms with van der Waals surface area (Å²) in [5, 5.41) is 22.4. The van der Waals surface area contributed by atoms with Crippen molar-refractivity contribution in [2.45, 2.75) is 13.9 Å². The standard InChI is InChI=1S/C5H5N5S3/c6-1-2(3(7)8)12-5-10-9-4(11)13-5/h2H,(H3,7,8)(H,9,11). The quantitative estimate of drug-likeness (QED) is 0.308. The van der Waals surface area contributed by atoms with Gasteiger partial charge in [0, 0.05) is 0 Å². The second-order valence-corrected chi connectivity index (χ2v) is 4.99. The maximum atomic E-state index is 8.61. The molecule has 1 aromatic rings. The summed E-state index contributed by atoms with van der Waals surface area (Å²) in [7, 11) is 0. The van der Waals surface area contributed by atoms with E-state index in [-0.39, 0.29) is 5.84 Å². The van der Waals surface area contributed by atoms with Crippen LogP contribution < -0.4 is 5.73 Å². The van der Waals surface area contributed by atoms with E-state index in [9.17, 15) is 0 Å². The highest BCUT2D eigenvalue weighted by Gasteiger charge is 2.15. The van der Waals surface area contributed by atoms with Crippen molar-refractivity contribution in [1.82, 2.24) is 10.2 Å². The van der Waals surface area contributed by atoms with Crippen LogP contribution in [-0.4, -0.2) is 21.3 Å². The van der Waals surface area contributed by atoms with Crippen LogP contribution in [0.5, 0.6) is 0 Å². The van der Waals surface area contributed by atoms with Gasteiger partial charge in [0.15, 0.2) is 13.9 Å². The maximum Gasteiger partial charge on any atom is 0.176 e. The van der Waals surface area contributed by atoms with E-state index in [0.29, 0.717) is 8.68 Å². The Morgan fingerprint density at radius 3 is 2.85 bits per heavy atom. The van der Waals surface area contributed by atoms with E-state index in [1.807, 2.05) is 6.07 Å². The summed E-state index contributed by atoms with van der Waals surface area (Å²) >= 11 is 6.33. The lowest BCUT2D eigenvalue weighted by atomic mass is 10.4. The van der Waals surface area contributed by atoms with Crippen molar-refractivity contribution in [3.05, 3.63) is 0 Å². The molecule has 0 fully saturated rings. The van der Waals surface area contributed by atoms with Gasteiger partial charge in [0.2, 0.25) is 0 Å². The number of aromatic nitrogens is 2. The van der Waals surface area contributed by atoms with Gasteiger partial charge in [-0.15, -0.1) is 22.8 Å². The van der Waals surface area contributed by atoms with Crippen molar-refractivity contribution in [2.24, 2.45) is 5.73 Å². The van der Waals surface area contributed by atoms with Crippen molar-refractivity contribution in [1.29, 1.82) is 10.7 Å². The molecule has 0 spiro atoms. The number of nitrogens with one attached hydrogen (secondary N) is 1. The van der Waals surface area contributed by atoms with E-state index in [2.05, 4.69) is 22.8 Å². The van der Waals surface area contributed by atoms with Crippen LogP contribution >= 0.6 is 35.7 Å². The van der Waals surface area contributed by atoms with Crippen LogP contribution in [0.15, 0.2) is 8.68 Å². The van der Waals surface area contributed by atoms with Gasteiger partial charge in [-0.05, 0) is 0 Å². The smallest absolute Gasteiger partial charge is 0.176 e. The molecule has 13 heavy (non-hydrogen) atoms. The van der Waals surface area contributed by atoms with Crippen LogP contribution in [0, 0.1) is 16.7 Å². The number of nitriles is 1. The predicted molar refractivity (Wildman–Crippen MR) is 54.3 cm³/mol. The van der Waals surface area contributed by atoms with Crippen molar-refractivity contribution >= 4 is 41.6 Å². The Morgan fingerprint density at radius 2 is 2.46 bits per heavy atom. The number of hydrogen-bond donors (Lipinski definition) is 3. The molecule has 0 amide bonds. The fraction of sp³-hybridized carbons (Fsp3) is 0.200. The molecule has 0 saturated heterocycles. The van der Waals surface area contributed by atoms with Gasteiger partial charge in [-0.3, -0.25) is 5.41 Å². The normalized spacial score (nSPS) is 12.0. The van der Waals surface area contributed by atoms with Crippen LogP contribution in [0.3, 0.4) is 0 Å². The number of thioether (sulfide) groups is 1. The number of thiol groups is 1. The number of nitrogens with zero attached hydrogens (tertiary/aromatic N) is 3. The highest BCUT2D eigenvalue weighted by atomic mass is 32.2. The first kappa shape index (κ1) is 10.3. The van der Waals surface area contributed by atoms with Crippen LogP contribution in [0.25, 0.3) is 0 Å². The number of amidine groups is 1. The maximum absolute atomic E-state index is 8.61. The summed E-state index contributed by atoms with van der Waals surface area (Å²) in [6.07, 6.45) is 0. The van der Waals surface area contributed by atoms with Crippen LogP contribution in [-0.2, 0) is 0 Å². The van der Waals surface area contributed by atoms with E-state index in [1.54, 1.807) is 0 Å². The predicted octanol–water partition coefficient (Wildman–Crippen LogP) is 0.747. The van der Waals surface area contributed by atoms with Crippen LogP contribution in [0.1, 0.15) is 0 Å². The Labute approximate surface area is 88.3 Å². The molecule has 0 aromatic carbocycles. The molecular formula is C5H5N5S3. The molecule has 1 atom stereocenters. The minimum atomic E-state index is -0.694. The molecular weight excluding hydrogens is 226 g/mol. The molecule has 8 heteroatoms. The van der Waals surface area contributed by atoms with Gasteiger partial charge in [0.25, 0.3) is 0 Å². The minimum Gasteiger partial charge on any atom is -0.386 e. The third-order valence-corrected chi connectivity index (χ3v) is 3.31. The first-order valence-corrected chi connectivity index (χ1v) is 5.20. The van der Waals surface area contributed by atoms with Crippen LogP contribution in [0.2, 0.25) is 0 Å². The minimum absolute atomic E-state index is 0.177. The van der Waals surface area contributed by atoms with Crippen LogP contribution in [0.4, 0.5) is 0 Å². The Morgan fingerprint density at radius 1 is 1.77 bits per heavy atom. The first-order chi connectivity index (χ1) is 6.13. The molecule has 68 valence electrons. The molecule has 0 aliphatic rings. The molecule has 0 bridgehead atoms. The second kappa shape index (κ2) is 4.45. The number of rotatable bonds is 3. The molecule has 0 saturated carbocycles. The lowest BCUT2D eigenvalue weighted by molar-refractivity contribution is 0.957. The molecule has 1 heterocycles. The highest BCUT2D eigenvalue weighted by molar-refractivity contribution is 8.02. The van der Waals surface area contributed by atoms with E-state index >= 15 is 0 Å². The van der Waals surface area contributed by atoms with E-state index in [1.165, 1.54) is 11.3 Å². The third-order valence-electron chi connectivity index (χ3n) is 1.01. The molecule has 0 aliphatic carbocycles. The fourth-order valence-corrected chi connectivity index (χ4v) is 2.51. The zero-order chi connectivity index (χ0) is 9.84. The fourth-order valence-electron chi connectivity index (χ4n) is 0.510. The van der Waals surface area contributed by atoms with Gasteiger partial charge < -0.3 is 5.73 Å². The van der Waals surface area contributed by atoms with Gasteiger partial charge >= 0.3 is 0 Å². The van der Waals surface area contributed by atoms with Gasteiger partial charge in [-0.25, -0.2) is 0 Å². The molecule has 1 unspecified atom stereocenters. The molecule has 0 aliphatic heterocycles. The molecule has 0 radical (unpaired) electrons. The number of nitrogens with two attached hydrogens (primary N) is 1. The van der Waals surface area contributed by atoms with E-state index < -0.39 is 5.25 Å². The zero-order valence-electron chi connectivity index (χ0n) is 6.26. The number of hydrogen-bond acceptors (Lipinski definition) is 7. The average Bonchev–Trinajstić information content (AvgIpc) is 2.46. The molecule has 1 aromatic heterocycles. The summed E-state index contributed by atoms with van der Waals surface area (Å²) in [5.41, 5.74) is 5.18. The summed E-state index contributed by atoms with van der Waals surface area (Å²) in [6.45, 7) is 0. The van der Waals surface area contributed by atoms with Gasteiger partial charge in [-0.2, -0.15) is 5.26 Å². The lowest BCUT2D eigenvalue weighted by Gasteiger charge is -2.01.